The molecule has 7 nitrogen and oxygen atoms in total. The molecule has 1 fully saturated rings. The zero-order chi connectivity index (χ0) is 20.5. The van der Waals surface area contributed by atoms with E-state index in [1.165, 1.54) is 5.56 Å². The van der Waals surface area contributed by atoms with Crippen LogP contribution < -0.4 is 10.7 Å². The van der Waals surface area contributed by atoms with E-state index < -0.39 is 5.76 Å². The third kappa shape index (κ3) is 3.69. The number of oxazole rings is 1. The number of benzene rings is 2. The molecule has 0 radical (unpaired) electrons. The van der Waals surface area contributed by atoms with E-state index in [9.17, 15) is 9.90 Å². The van der Waals surface area contributed by atoms with Crippen molar-refractivity contribution in [3.63, 3.8) is 0 Å². The van der Waals surface area contributed by atoms with Gasteiger partial charge in [-0.1, -0.05) is 12.1 Å². The van der Waals surface area contributed by atoms with Crippen LogP contribution in [0, 0.1) is 0 Å². The summed E-state index contributed by atoms with van der Waals surface area (Å²) < 4.78 is 5.16. The van der Waals surface area contributed by atoms with Gasteiger partial charge in [-0.15, -0.1) is 0 Å². The summed E-state index contributed by atoms with van der Waals surface area (Å²) in [5.74, 6) is -0.412. The molecular weight excluding hydrogens is 380 g/mol. The highest BCUT2D eigenvalue weighted by Crippen LogP contribution is 2.28. The van der Waals surface area contributed by atoms with Crippen LogP contribution in [0.4, 0.5) is 5.69 Å². The zero-order valence-corrected chi connectivity index (χ0v) is 16.7. The zero-order valence-electron chi connectivity index (χ0n) is 16.7. The SMILES string of the molecule is O=c1[nH]c2ccc(CCN3CCN(c4cc(CO)cc5cccnc45)CC3)cc2o1. The number of fused-ring (bicyclic) bond motifs is 2. The maximum absolute atomic E-state index is 11.3. The Bertz CT molecular complexity index is 1240. The van der Waals surface area contributed by atoms with Gasteiger partial charge in [0, 0.05) is 44.3 Å². The number of hydrogen-bond donors (Lipinski definition) is 2. The Balaban J connectivity index is 1.25. The number of nitrogens with one attached hydrogen (secondary N) is 1. The number of H-pyrrole nitrogens is 1. The monoisotopic (exact) mass is 404 g/mol. The predicted molar refractivity (Wildman–Crippen MR) is 117 cm³/mol. The van der Waals surface area contributed by atoms with Crippen molar-refractivity contribution in [3.05, 3.63) is 70.3 Å². The van der Waals surface area contributed by atoms with Gasteiger partial charge in [-0.2, -0.15) is 0 Å². The first kappa shape index (κ1) is 18.8. The Morgan fingerprint density at radius 3 is 2.77 bits per heavy atom. The van der Waals surface area contributed by atoms with Crippen LogP contribution in [0.15, 0.2) is 57.9 Å². The van der Waals surface area contributed by atoms with Crippen molar-refractivity contribution in [2.45, 2.75) is 13.0 Å². The van der Waals surface area contributed by atoms with Gasteiger partial charge < -0.3 is 14.4 Å². The number of anilines is 1. The minimum atomic E-state index is -0.412. The number of nitrogens with zero attached hydrogens (tertiary/aromatic N) is 3. The summed E-state index contributed by atoms with van der Waals surface area (Å²) >= 11 is 0. The lowest BCUT2D eigenvalue weighted by molar-refractivity contribution is 0.261. The normalized spacial score (nSPS) is 15.3. The molecule has 2 N–H and O–H groups in total. The lowest BCUT2D eigenvalue weighted by Crippen LogP contribution is -2.47. The topological polar surface area (TPSA) is 85.6 Å². The van der Waals surface area contributed by atoms with Crippen LogP contribution in [0.1, 0.15) is 11.1 Å². The van der Waals surface area contributed by atoms with Crippen LogP contribution in [0.3, 0.4) is 0 Å². The van der Waals surface area contributed by atoms with Gasteiger partial charge in [-0.05, 0) is 47.9 Å². The van der Waals surface area contributed by atoms with Gasteiger partial charge in [-0.25, -0.2) is 4.79 Å². The summed E-state index contributed by atoms with van der Waals surface area (Å²) in [7, 11) is 0. The van der Waals surface area contributed by atoms with Gasteiger partial charge in [0.15, 0.2) is 5.58 Å². The van der Waals surface area contributed by atoms with Gasteiger partial charge in [0.2, 0.25) is 0 Å². The van der Waals surface area contributed by atoms with E-state index in [1.807, 2.05) is 42.6 Å². The van der Waals surface area contributed by atoms with E-state index in [0.717, 1.165) is 66.8 Å². The van der Waals surface area contributed by atoms with Gasteiger partial charge in [0.25, 0.3) is 0 Å². The Morgan fingerprint density at radius 1 is 1.07 bits per heavy atom. The molecule has 154 valence electrons. The molecule has 0 bridgehead atoms. The second-order valence-electron chi connectivity index (χ2n) is 7.77. The predicted octanol–water partition coefficient (Wildman–Crippen LogP) is 2.53. The van der Waals surface area contributed by atoms with Crippen molar-refractivity contribution in [1.82, 2.24) is 14.9 Å². The fraction of sp³-hybridized carbons (Fsp3) is 0.304. The van der Waals surface area contributed by atoms with Crippen LogP contribution in [0.5, 0.6) is 0 Å². The van der Waals surface area contributed by atoms with E-state index in [1.54, 1.807) is 0 Å². The van der Waals surface area contributed by atoms with Crippen molar-refractivity contribution < 1.29 is 9.52 Å². The van der Waals surface area contributed by atoms with Gasteiger partial charge in [-0.3, -0.25) is 14.9 Å². The Kier molecular flexibility index (Phi) is 4.98. The lowest BCUT2D eigenvalue weighted by atomic mass is 10.1. The molecule has 2 aromatic heterocycles. The Morgan fingerprint density at radius 2 is 1.93 bits per heavy atom. The maximum Gasteiger partial charge on any atom is 0.417 e. The first-order valence-corrected chi connectivity index (χ1v) is 10.3. The van der Waals surface area contributed by atoms with Crippen molar-refractivity contribution >= 4 is 27.7 Å². The molecule has 2 aromatic carbocycles. The smallest absolute Gasteiger partial charge is 0.408 e. The second-order valence-corrected chi connectivity index (χ2v) is 7.77. The molecule has 7 heteroatoms. The minimum Gasteiger partial charge on any atom is -0.408 e. The second kappa shape index (κ2) is 7.93. The Hall–Kier alpha value is -3.16. The summed E-state index contributed by atoms with van der Waals surface area (Å²) in [6, 6.07) is 13.9. The molecule has 0 saturated carbocycles. The quantitative estimate of drug-likeness (QED) is 0.532. The van der Waals surface area contributed by atoms with Crippen molar-refractivity contribution in [3.8, 4) is 0 Å². The van der Waals surface area contributed by atoms with Crippen molar-refractivity contribution in [2.75, 3.05) is 37.6 Å². The highest BCUT2D eigenvalue weighted by Gasteiger charge is 2.20. The van der Waals surface area contributed by atoms with E-state index in [-0.39, 0.29) is 6.61 Å². The summed E-state index contributed by atoms with van der Waals surface area (Å²) in [6.45, 7) is 4.78. The largest absolute Gasteiger partial charge is 0.417 e. The molecule has 30 heavy (non-hydrogen) atoms. The molecule has 0 spiro atoms. The van der Waals surface area contributed by atoms with Crippen LogP contribution >= 0.6 is 0 Å². The standard InChI is InChI=1S/C23H24N4O3/c28-15-17-12-18-2-1-6-24-22(18)20(13-17)27-10-8-26(9-11-27)7-5-16-3-4-19-21(14-16)30-23(29)25-19/h1-4,6,12-14,28H,5,7-11,15H2,(H,25,29). The Labute approximate surface area is 173 Å². The minimum absolute atomic E-state index is 0.0312. The van der Waals surface area contributed by atoms with Crippen LogP contribution in [0.25, 0.3) is 22.0 Å². The van der Waals surface area contributed by atoms with Gasteiger partial charge in [0.1, 0.15) is 0 Å². The van der Waals surface area contributed by atoms with E-state index in [0.29, 0.717) is 5.58 Å². The molecule has 0 amide bonds. The van der Waals surface area contributed by atoms with E-state index in [4.69, 9.17) is 4.42 Å². The fourth-order valence-corrected chi connectivity index (χ4v) is 4.21. The number of piperazine rings is 1. The van der Waals surface area contributed by atoms with Crippen LogP contribution in [-0.4, -0.2) is 52.7 Å². The number of hydrogen-bond acceptors (Lipinski definition) is 6. The molecule has 0 unspecified atom stereocenters. The molecule has 4 aromatic rings. The number of aromatic amines is 1. The van der Waals surface area contributed by atoms with E-state index in [2.05, 4.69) is 25.8 Å². The molecule has 1 saturated heterocycles. The molecular formula is C23H24N4O3. The van der Waals surface area contributed by atoms with Crippen molar-refractivity contribution in [2.24, 2.45) is 0 Å². The third-order valence-electron chi connectivity index (χ3n) is 5.84. The molecule has 1 aliphatic heterocycles. The van der Waals surface area contributed by atoms with Crippen LogP contribution in [-0.2, 0) is 13.0 Å². The third-order valence-corrected chi connectivity index (χ3v) is 5.84. The van der Waals surface area contributed by atoms with Gasteiger partial charge in [0.05, 0.1) is 23.3 Å². The summed E-state index contributed by atoms with van der Waals surface area (Å²) in [5, 5.41) is 10.7. The molecule has 3 heterocycles. The molecule has 0 aliphatic carbocycles. The molecule has 0 atom stereocenters. The number of aliphatic hydroxyl groups is 1. The fourth-order valence-electron chi connectivity index (χ4n) is 4.21. The summed E-state index contributed by atoms with van der Waals surface area (Å²) in [4.78, 5) is 23.4. The molecule has 5 rings (SSSR count). The molecule has 1 aliphatic rings. The first-order chi connectivity index (χ1) is 14.7. The number of rotatable bonds is 5. The number of pyridine rings is 1. The van der Waals surface area contributed by atoms with Gasteiger partial charge >= 0.3 is 5.76 Å². The first-order valence-electron chi connectivity index (χ1n) is 10.3. The number of aromatic nitrogens is 2. The summed E-state index contributed by atoms with van der Waals surface area (Å²) in [5.41, 5.74) is 5.53. The summed E-state index contributed by atoms with van der Waals surface area (Å²) in [6.07, 6.45) is 2.74. The highest BCUT2D eigenvalue weighted by atomic mass is 16.4. The lowest BCUT2D eigenvalue weighted by Gasteiger charge is -2.36. The highest BCUT2D eigenvalue weighted by molar-refractivity contribution is 5.91. The average molecular weight is 404 g/mol. The average Bonchev–Trinajstić information content (AvgIpc) is 3.16. The number of aliphatic hydroxyl groups excluding tert-OH is 1. The van der Waals surface area contributed by atoms with E-state index >= 15 is 0 Å². The van der Waals surface area contributed by atoms with Crippen LogP contribution in [0.2, 0.25) is 0 Å². The van der Waals surface area contributed by atoms with Crippen molar-refractivity contribution in [1.29, 1.82) is 0 Å². The maximum atomic E-state index is 11.3.